The lowest BCUT2D eigenvalue weighted by Crippen LogP contribution is -2.30. The van der Waals surface area contributed by atoms with Gasteiger partial charge in [-0.15, -0.1) is 0 Å². The SMILES string of the molecule is CCC(C)CCCCCCCCC(=O)OC[C@H](COP(=O)(O)OC[C@H](O)COP(=O)(O)OC[C@@H](COC(=O)CCCCCCCCCCC(C)C)OC(=O)CCCCCCCCCCCCCCCCC(C)C)OC(=O)CCCCCCCCCCCCCC(C)C. The zero-order chi connectivity index (χ0) is 68.2. The fraction of sp³-hybridized carbons (Fsp3) is 0.945. The highest BCUT2D eigenvalue weighted by molar-refractivity contribution is 7.47. The van der Waals surface area contributed by atoms with Crippen molar-refractivity contribution in [3.8, 4) is 0 Å². The molecule has 0 spiro atoms. The molecule has 19 heteroatoms. The maximum Gasteiger partial charge on any atom is 0.472 e. The molecule has 0 amide bonds. The number of ether oxygens (including phenoxy) is 4. The van der Waals surface area contributed by atoms with Crippen molar-refractivity contribution in [2.75, 3.05) is 39.6 Å². The van der Waals surface area contributed by atoms with Crippen molar-refractivity contribution in [2.24, 2.45) is 23.7 Å². The first-order chi connectivity index (χ1) is 44.1. The monoisotopic (exact) mass is 1350 g/mol. The van der Waals surface area contributed by atoms with Gasteiger partial charge in [0.1, 0.15) is 19.3 Å². The number of aliphatic hydroxyl groups excluding tert-OH is 1. The standard InChI is InChI=1S/C73H142O17P2/c1-9-66(8)52-44-36-31-32-38-46-54-71(76)84-60-69(90-73(78)56-48-40-30-22-18-14-16-20-26-34-42-50-64(4)5)62-88-92(81,82)86-58-67(74)57-85-91(79,80)87-61-68(59-83-70(75)53-45-37-28-24-23-27-35-43-51-65(6)7)89-72(77)55-47-39-29-21-17-13-11-10-12-15-19-25-33-41-49-63(2)3/h63-69,74H,9-62H2,1-8H3,(H,79,80)(H,81,82)/t66?,67-,68-,69-/m1/s1. The Kier molecular flexibility index (Phi) is 61.3. The molecule has 0 aliphatic heterocycles. The molecule has 0 aliphatic rings. The highest BCUT2D eigenvalue weighted by atomic mass is 31.2. The van der Waals surface area contributed by atoms with Gasteiger partial charge in [0.05, 0.1) is 26.4 Å². The Morgan fingerprint density at radius 2 is 0.522 bits per heavy atom. The zero-order valence-electron chi connectivity index (χ0n) is 60.2. The summed E-state index contributed by atoms with van der Waals surface area (Å²) >= 11 is 0. The van der Waals surface area contributed by atoms with Gasteiger partial charge in [-0.2, -0.15) is 0 Å². The van der Waals surface area contributed by atoms with Crippen LogP contribution in [0.3, 0.4) is 0 Å². The molecule has 6 atom stereocenters. The third-order valence-electron chi connectivity index (χ3n) is 17.2. The first-order valence-corrected chi connectivity index (χ1v) is 40.7. The van der Waals surface area contributed by atoms with Crippen LogP contribution in [0.25, 0.3) is 0 Å². The fourth-order valence-electron chi connectivity index (χ4n) is 11.0. The largest absolute Gasteiger partial charge is 0.472 e. The van der Waals surface area contributed by atoms with Crippen LogP contribution in [0.2, 0.25) is 0 Å². The Hall–Kier alpha value is -1.94. The lowest BCUT2D eigenvalue weighted by Gasteiger charge is -2.21. The van der Waals surface area contributed by atoms with E-state index in [1.807, 2.05) is 0 Å². The van der Waals surface area contributed by atoms with Crippen LogP contribution in [-0.4, -0.2) is 96.7 Å². The van der Waals surface area contributed by atoms with Gasteiger partial charge in [0, 0.05) is 25.7 Å². The molecule has 0 rings (SSSR count). The van der Waals surface area contributed by atoms with Crippen LogP contribution in [0.4, 0.5) is 0 Å². The first-order valence-electron chi connectivity index (χ1n) is 37.7. The summed E-state index contributed by atoms with van der Waals surface area (Å²) in [5, 5.41) is 10.6. The molecule has 0 bridgehead atoms. The van der Waals surface area contributed by atoms with Crippen LogP contribution in [0.5, 0.6) is 0 Å². The predicted octanol–water partition coefficient (Wildman–Crippen LogP) is 20.9. The number of phosphoric ester groups is 2. The number of phosphoric acid groups is 2. The smallest absolute Gasteiger partial charge is 0.462 e. The first kappa shape index (κ1) is 90.1. The summed E-state index contributed by atoms with van der Waals surface area (Å²) in [6.45, 7) is 14.1. The molecule has 17 nitrogen and oxygen atoms in total. The third kappa shape index (κ3) is 65.4. The number of carbonyl (C=O) groups is 4. The van der Waals surface area contributed by atoms with E-state index in [2.05, 4.69) is 55.4 Å². The molecule has 0 saturated heterocycles. The van der Waals surface area contributed by atoms with E-state index in [0.29, 0.717) is 25.7 Å². The van der Waals surface area contributed by atoms with Crippen molar-refractivity contribution in [3.63, 3.8) is 0 Å². The minimum Gasteiger partial charge on any atom is -0.462 e. The zero-order valence-corrected chi connectivity index (χ0v) is 62.0. The number of rotatable bonds is 70. The molecule has 92 heavy (non-hydrogen) atoms. The summed E-state index contributed by atoms with van der Waals surface area (Å²) in [4.78, 5) is 72.7. The maximum atomic E-state index is 13.0. The number of carbonyl (C=O) groups excluding carboxylic acids is 4. The van der Waals surface area contributed by atoms with E-state index in [1.165, 1.54) is 161 Å². The van der Waals surface area contributed by atoms with Crippen molar-refractivity contribution in [1.82, 2.24) is 0 Å². The number of hydrogen-bond donors (Lipinski definition) is 3. The summed E-state index contributed by atoms with van der Waals surface area (Å²) in [5.74, 6) is 0.891. The van der Waals surface area contributed by atoms with Gasteiger partial charge in [-0.3, -0.25) is 37.3 Å². The lowest BCUT2D eigenvalue weighted by molar-refractivity contribution is -0.161. The second kappa shape index (κ2) is 62.6. The van der Waals surface area contributed by atoms with Gasteiger partial charge in [0.2, 0.25) is 0 Å². The lowest BCUT2D eigenvalue weighted by atomic mass is 10.00. The Labute approximate surface area is 562 Å². The van der Waals surface area contributed by atoms with Gasteiger partial charge in [-0.1, -0.05) is 312 Å². The Morgan fingerprint density at radius 1 is 0.304 bits per heavy atom. The number of unbranched alkanes of at least 4 members (excludes halogenated alkanes) is 35. The van der Waals surface area contributed by atoms with Crippen LogP contribution in [0, 0.1) is 23.7 Å². The highest BCUT2D eigenvalue weighted by Gasteiger charge is 2.30. The molecular weight excluding hydrogens is 1210 g/mol. The molecule has 0 aromatic heterocycles. The molecule has 0 aromatic carbocycles. The van der Waals surface area contributed by atoms with Crippen molar-refractivity contribution in [3.05, 3.63) is 0 Å². The van der Waals surface area contributed by atoms with Crippen LogP contribution >= 0.6 is 15.6 Å². The second-order valence-electron chi connectivity index (χ2n) is 28.0. The van der Waals surface area contributed by atoms with Gasteiger partial charge >= 0.3 is 39.5 Å². The highest BCUT2D eigenvalue weighted by Crippen LogP contribution is 2.45. The van der Waals surface area contributed by atoms with Gasteiger partial charge in [-0.05, 0) is 49.4 Å². The minimum atomic E-state index is -4.95. The number of esters is 4. The minimum absolute atomic E-state index is 0.105. The molecule has 546 valence electrons. The average Bonchev–Trinajstić information content (AvgIpc) is 1.88. The van der Waals surface area contributed by atoms with Gasteiger partial charge in [0.15, 0.2) is 12.2 Å². The van der Waals surface area contributed by atoms with E-state index in [1.54, 1.807) is 0 Å². The molecule has 0 saturated carbocycles. The number of aliphatic hydroxyl groups is 1. The molecule has 0 radical (unpaired) electrons. The van der Waals surface area contributed by atoms with Crippen LogP contribution in [-0.2, 0) is 65.4 Å². The van der Waals surface area contributed by atoms with Gasteiger partial charge < -0.3 is 33.8 Å². The van der Waals surface area contributed by atoms with Crippen molar-refractivity contribution in [1.29, 1.82) is 0 Å². The number of hydrogen-bond acceptors (Lipinski definition) is 15. The summed E-state index contributed by atoms with van der Waals surface area (Å²) in [6, 6.07) is 0. The predicted molar refractivity (Wildman–Crippen MR) is 372 cm³/mol. The van der Waals surface area contributed by atoms with Gasteiger partial charge in [0.25, 0.3) is 0 Å². The summed E-state index contributed by atoms with van der Waals surface area (Å²) in [7, 11) is -9.91. The Morgan fingerprint density at radius 3 is 0.772 bits per heavy atom. The van der Waals surface area contributed by atoms with Crippen molar-refractivity contribution in [2.45, 2.75) is 382 Å². The van der Waals surface area contributed by atoms with E-state index in [-0.39, 0.29) is 25.7 Å². The Balaban J connectivity index is 5.25. The van der Waals surface area contributed by atoms with E-state index in [0.717, 1.165) is 120 Å². The van der Waals surface area contributed by atoms with Crippen molar-refractivity contribution >= 4 is 39.5 Å². The fourth-order valence-corrected chi connectivity index (χ4v) is 12.6. The summed E-state index contributed by atoms with van der Waals surface area (Å²) < 4.78 is 68.4. The van der Waals surface area contributed by atoms with E-state index >= 15 is 0 Å². The summed E-state index contributed by atoms with van der Waals surface area (Å²) in [5.41, 5.74) is 0. The van der Waals surface area contributed by atoms with Crippen LogP contribution < -0.4 is 0 Å². The normalized spacial score (nSPS) is 14.5. The van der Waals surface area contributed by atoms with Crippen LogP contribution in [0.15, 0.2) is 0 Å². The molecule has 0 fully saturated rings. The van der Waals surface area contributed by atoms with Crippen molar-refractivity contribution < 1.29 is 80.2 Å². The molecule has 3 unspecified atom stereocenters. The molecule has 0 aliphatic carbocycles. The molecule has 3 N–H and O–H groups in total. The topological polar surface area (TPSA) is 237 Å². The third-order valence-corrected chi connectivity index (χ3v) is 19.1. The average molecular weight is 1350 g/mol. The Bertz CT molecular complexity index is 1820. The molecule has 0 aromatic rings. The van der Waals surface area contributed by atoms with E-state index in [4.69, 9.17) is 37.0 Å². The van der Waals surface area contributed by atoms with E-state index < -0.39 is 97.5 Å². The molecular formula is C73H142O17P2. The maximum absolute atomic E-state index is 13.0. The van der Waals surface area contributed by atoms with E-state index in [9.17, 15) is 43.2 Å². The molecule has 0 heterocycles. The van der Waals surface area contributed by atoms with Crippen LogP contribution in [0.1, 0.15) is 364 Å². The summed E-state index contributed by atoms with van der Waals surface area (Å²) in [6.07, 6.45) is 45.8. The van der Waals surface area contributed by atoms with Gasteiger partial charge in [-0.25, -0.2) is 9.13 Å². The quantitative estimate of drug-likeness (QED) is 0.0222. The second-order valence-corrected chi connectivity index (χ2v) is 30.9.